The highest BCUT2D eigenvalue weighted by molar-refractivity contribution is 7.80. The standard InChI is InChI=1S/C24H26N2OS/c1-17(2)27-21-14-9-13-20(16-21)25-24(28)26-23(19-11-5-4-6-12-19)22-15-8-7-10-18(22)3/h4-17,23H,1-3H3,(H2,25,26,28). The number of benzene rings is 3. The number of hydrogen-bond donors (Lipinski definition) is 2. The summed E-state index contributed by atoms with van der Waals surface area (Å²) in [6.07, 6.45) is 0.129. The second-order valence-corrected chi connectivity index (χ2v) is 7.40. The van der Waals surface area contributed by atoms with Crippen molar-refractivity contribution in [2.45, 2.75) is 32.9 Å². The van der Waals surface area contributed by atoms with E-state index < -0.39 is 0 Å². The summed E-state index contributed by atoms with van der Waals surface area (Å²) in [7, 11) is 0. The van der Waals surface area contributed by atoms with Crippen molar-refractivity contribution in [3.05, 3.63) is 95.6 Å². The molecule has 4 heteroatoms. The van der Waals surface area contributed by atoms with Crippen molar-refractivity contribution in [1.29, 1.82) is 0 Å². The third kappa shape index (κ3) is 5.33. The van der Waals surface area contributed by atoms with Crippen LogP contribution in [0.3, 0.4) is 0 Å². The minimum Gasteiger partial charge on any atom is -0.491 e. The molecule has 3 aromatic carbocycles. The summed E-state index contributed by atoms with van der Waals surface area (Å²) >= 11 is 5.62. The lowest BCUT2D eigenvalue weighted by Crippen LogP contribution is -2.33. The van der Waals surface area contributed by atoms with Gasteiger partial charge in [0.2, 0.25) is 0 Å². The monoisotopic (exact) mass is 390 g/mol. The van der Waals surface area contributed by atoms with Crippen molar-refractivity contribution in [2.75, 3.05) is 5.32 Å². The minimum absolute atomic E-state index is 0.0301. The molecule has 0 fully saturated rings. The van der Waals surface area contributed by atoms with Crippen LogP contribution in [0.2, 0.25) is 0 Å². The third-order valence-corrected chi connectivity index (χ3v) is 4.59. The molecule has 144 valence electrons. The Bertz CT molecular complexity index is 925. The normalized spacial score (nSPS) is 11.7. The first-order chi connectivity index (χ1) is 13.5. The van der Waals surface area contributed by atoms with E-state index in [9.17, 15) is 0 Å². The van der Waals surface area contributed by atoms with Gasteiger partial charge in [0.25, 0.3) is 0 Å². The van der Waals surface area contributed by atoms with Crippen LogP contribution >= 0.6 is 12.2 Å². The summed E-state index contributed by atoms with van der Waals surface area (Å²) in [6.45, 7) is 6.15. The maximum absolute atomic E-state index is 5.77. The Hall–Kier alpha value is -2.85. The molecule has 1 atom stereocenters. The van der Waals surface area contributed by atoms with Crippen LogP contribution in [0.5, 0.6) is 5.75 Å². The number of hydrogen-bond acceptors (Lipinski definition) is 2. The van der Waals surface area contributed by atoms with Crippen LogP contribution in [-0.4, -0.2) is 11.2 Å². The first-order valence-corrected chi connectivity index (χ1v) is 9.88. The zero-order chi connectivity index (χ0) is 19.9. The van der Waals surface area contributed by atoms with Gasteiger partial charge in [0.05, 0.1) is 12.1 Å². The van der Waals surface area contributed by atoms with E-state index in [1.165, 1.54) is 11.1 Å². The van der Waals surface area contributed by atoms with Crippen molar-refractivity contribution in [1.82, 2.24) is 5.32 Å². The molecule has 0 aliphatic heterocycles. The van der Waals surface area contributed by atoms with E-state index in [2.05, 4.69) is 54.0 Å². The van der Waals surface area contributed by atoms with Crippen molar-refractivity contribution >= 4 is 23.0 Å². The molecule has 0 bridgehead atoms. The molecule has 0 saturated heterocycles. The van der Waals surface area contributed by atoms with Gasteiger partial charge in [-0.25, -0.2) is 0 Å². The molecular weight excluding hydrogens is 364 g/mol. The molecule has 3 aromatic rings. The largest absolute Gasteiger partial charge is 0.491 e. The number of rotatable bonds is 6. The lowest BCUT2D eigenvalue weighted by atomic mass is 9.95. The van der Waals surface area contributed by atoms with Crippen LogP contribution in [0.25, 0.3) is 0 Å². The van der Waals surface area contributed by atoms with Gasteiger partial charge >= 0.3 is 0 Å². The Labute approximate surface area is 172 Å². The Kier molecular flexibility index (Phi) is 6.66. The second-order valence-electron chi connectivity index (χ2n) is 6.99. The SMILES string of the molecule is Cc1ccccc1C(NC(=S)Nc1cccc(OC(C)C)c1)c1ccccc1. The highest BCUT2D eigenvalue weighted by Crippen LogP contribution is 2.25. The van der Waals surface area contributed by atoms with E-state index in [0.717, 1.165) is 17.0 Å². The smallest absolute Gasteiger partial charge is 0.171 e. The molecule has 0 aliphatic rings. The summed E-state index contributed by atoms with van der Waals surface area (Å²) < 4.78 is 5.77. The maximum atomic E-state index is 5.77. The van der Waals surface area contributed by atoms with E-state index >= 15 is 0 Å². The second kappa shape index (κ2) is 9.38. The molecule has 0 amide bonds. The zero-order valence-corrected chi connectivity index (χ0v) is 17.3. The fourth-order valence-corrected chi connectivity index (χ4v) is 3.35. The molecule has 0 heterocycles. The van der Waals surface area contributed by atoms with E-state index in [0.29, 0.717) is 5.11 Å². The molecule has 2 N–H and O–H groups in total. The van der Waals surface area contributed by atoms with Gasteiger partial charge in [-0.2, -0.15) is 0 Å². The molecule has 0 spiro atoms. The number of ether oxygens (including phenoxy) is 1. The molecule has 3 nitrogen and oxygen atoms in total. The van der Waals surface area contributed by atoms with E-state index in [-0.39, 0.29) is 12.1 Å². The number of aryl methyl sites for hydroxylation is 1. The predicted molar refractivity (Wildman–Crippen MR) is 121 cm³/mol. The molecule has 1 unspecified atom stereocenters. The minimum atomic E-state index is -0.0301. The summed E-state index contributed by atoms with van der Waals surface area (Å²) in [4.78, 5) is 0. The lowest BCUT2D eigenvalue weighted by Gasteiger charge is -2.23. The van der Waals surface area contributed by atoms with Crippen LogP contribution in [0.1, 0.15) is 36.6 Å². The fraction of sp³-hybridized carbons (Fsp3) is 0.208. The highest BCUT2D eigenvalue weighted by atomic mass is 32.1. The molecule has 0 aliphatic carbocycles. The van der Waals surface area contributed by atoms with Gasteiger partial charge < -0.3 is 15.4 Å². The van der Waals surface area contributed by atoms with Crippen molar-refractivity contribution in [2.24, 2.45) is 0 Å². The van der Waals surface area contributed by atoms with E-state index in [4.69, 9.17) is 17.0 Å². The van der Waals surface area contributed by atoms with E-state index in [1.54, 1.807) is 0 Å². The molecule has 0 aromatic heterocycles. The highest BCUT2D eigenvalue weighted by Gasteiger charge is 2.17. The first kappa shape index (κ1) is 19.9. The van der Waals surface area contributed by atoms with Crippen LogP contribution in [-0.2, 0) is 0 Å². The first-order valence-electron chi connectivity index (χ1n) is 9.47. The molecule has 28 heavy (non-hydrogen) atoms. The van der Waals surface area contributed by atoms with Crippen molar-refractivity contribution in [3.63, 3.8) is 0 Å². The maximum Gasteiger partial charge on any atom is 0.171 e. The van der Waals surface area contributed by atoms with Crippen molar-refractivity contribution < 1.29 is 4.74 Å². The topological polar surface area (TPSA) is 33.3 Å². The van der Waals surface area contributed by atoms with Gasteiger partial charge in [-0.15, -0.1) is 0 Å². The van der Waals surface area contributed by atoms with Gasteiger partial charge in [-0.1, -0.05) is 60.7 Å². The average molecular weight is 391 g/mol. The van der Waals surface area contributed by atoms with Crippen LogP contribution in [0, 0.1) is 6.92 Å². The van der Waals surface area contributed by atoms with Crippen LogP contribution in [0.4, 0.5) is 5.69 Å². The summed E-state index contributed by atoms with van der Waals surface area (Å²) in [5.41, 5.74) is 4.49. The van der Waals surface area contributed by atoms with E-state index in [1.807, 2.05) is 56.3 Å². The average Bonchev–Trinajstić information content (AvgIpc) is 2.67. The van der Waals surface area contributed by atoms with Gasteiger partial charge in [0, 0.05) is 11.8 Å². The molecule has 0 radical (unpaired) electrons. The lowest BCUT2D eigenvalue weighted by molar-refractivity contribution is 0.242. The Balaban J connectivity index is 1.80. The van der Waals surface area contributed by atoms with Gasteiger partial charge in [0.1, 0.15) is 5.75 Å². The van der Waals surface area contributed by atoms with Crippen LogP contribution < -0.4 is 15.4 Å². The van der Waals surface area contributed by atoms with Gasteiger partial charge in [0.15, 0.2) is 5.11 Å². The fourth-order valence-electron chi connectivity index (χ4n) is 3.11. The number of thiocarbonyl (C=S) groups is 1. The van der Waals surface area contributed by atoms with Gasteiger partial charge in [-0.05, 0) is 61.8 Å². The Morgan fingerprint density at radius 2 is 1.61 bits per heavy atom. The third-order valence-electron chi connectivity index (χ3n) is 4.37. The predicted octanol–water partition coefficient (Wildman–Crippen LogP) is 5.86. The quantitative estimate of drug-likeness (QED) is 0.517. The Morgan fingerprint density at radius 3 is 2.32 bits per heavy atom. The summed E-state index contributed by atoms with van der Waals surface area (Å²) in [6, 6.07) is 26.5. The Morgan fingerprint density at radius 1 is 0.893 bits per heavy atom. The molecule has 3 rings (SSSR count). The number of anilines is 1. The zero-order valence-electron chi connectivity index (χ0n) is 16.5. The number of nitrogens with one attached hydrogen (secondary N) is 2. The summed E-state index contributed by atoms with van der Waals surface area (Å²) in [5, 5.41) is 7.33. The van der Waals surface area contributed by atoms with Crippen LogP contribution in [0.15, 0.2) is 78.9 Å². The summed E-state index contributed by atoms with van der Waals surface area (Å²) in [5.74, 6) is 0.821. The van der Waals surface area contributed by atoms with Crippen molar-refractivity contribution in [3.8, 4) is 5.75 Å². The van der Waals surface area contributed by atoms with Gasteiger partial charge in [-0.3, -0.25) is 0 Å². The molecular formula is C24H26N2OS. The molecule has 0 saturated carbocycles.